The van der Waals surface area contributed by atoms with E-state index in [2.05, 4.69) is 4.98 Å². The Kier molecular flexibility index (Phi) is 5.32. The highest BCUT2D eigenvalue weighted by Crippen LogP contribution is 2.42. The molecular formula is C24H18N2O5. The van der Waals surface area contributed by atoms with Gasteiger partial charge in [-0.15, -0.1) is 0 Å². The molecule has 2 heterocycles. The average Bonchev–Trinajstić information content (AvgIpc) is 3.05. The summed E-state index contributed by atoms with van der Waals surface area (Å²) in [5, 5.41) is 19.9. The number of aliphatic hydroxyl groups is 1. The summed E-state index contributed by atoms with van der Waals surface area (Å²) >= 11 is 0. The van der Waals surface area contributed by atoms with Crippen LogP contribution in [0.25, 0.3) is 5.76 Å². The van der Waals surface area contributed by atoms with Crippen LogP contribution in [0.3, 0.4) is 0 Å². The van der Waals surface area contributed by atoms with Crippen molar-refractivity contribution < 1.29 is 24.6 Å². The first-order valence-corrected chi connectivity index (χ1v) is 9.54. The van der Waals surface area contributed by atoms with Crippen molar-refractivity contribution in [2.24, 2.45) is 0 Å². The van der Waals surface area contributed by atoms with E-state index in [0.29, 0.717) is 22.4 Å². The number of Topliss-reactive ketones (excluding diaryl/α,β-unsaturated/α-hetero) is 1. The maximum Gasteiger partial charge on any atom is 0.307 e. The molecule has 154 valence electrons. The number of aromatic nitrogens is 1. The second kappa shape index (κ2) is 8.23. The first-order valence-electron chi connectivity index (χ1n) is 9.54. The molecule has 2 N–H and O–H groups in total. The summed E-state index contributed by atoms with van der Waals surface area (Å²) in [7, 11) is 0. The van der Waals surface area contributed by atoms with Crippen LogP contribution < -0.4 is 4.90 Å². The van der Waals surface area contributed by atoms with Gasteiger partial charge in [0.05, 0.1) is 18.0 Å². The number of carbonyl (C=O) groups is 3. The normalized spacial score (nSPS) is 17.7. The standard InChI is InChI=1S/C24H18N2O5/c27-19(28)14-15-6-8-18(9-7-15)26-21(16-4-2-1-3-5-16)20(23(30)24(26)31)22(29)17-10-12-25-13-11-17/h1-13,21,29H,14H2,(H,27,28)/b22-20-. The molecule has 0 aliphatic carbocycles. The second-order valence-corrected chi connectivity index (χ2v) is 7.05. The molecule has 1 saturated heterocycles. The SMILES string of the molecule is O=C(O)Cc1ccc(N2C(=O)C(=O)/C(=C(\O)c3ccncc3)C2c2ccccc2)cc1. The molecule has 2 aromatic carbocycles. The molecule has 0 spiro atoms. The Bertz CT molecular complexity index is 1170. The molecule has 1 amide bonds. The predicted octanol–water partition coefficient (Wildman–Crippen LogP) is 3.34. The molecule has 1 aromatic heterocycles. The van der Waals surface area contributed by atoms with Crippen molar-refractivity contribution in [1.82, 2.24) is 4.98 Å². The van der Waals surface area contributed by atoms with Crippen LogP contribution in [0.15, 0.2) is 84.7 Å². The number of hydrogen-bond donors (Lipinski definition) is 2. The minimum atomic E-state index is -0.963. The van der Waals surface area contributed by atoms with Crippen LogP contribution in [-0.4, -0.2) is 32.9 Å². The molecule has 0 radical (unpaired) electrons. The van der Waals surface area contributed by atoms with Crippen molar-refractivity contribution in [3.63, 3.8) is 0 Å². The summed E-state index contributed by atoms with van der Waals surface area (Å²) in [4.78, 5) is 42.2. The molecule has 1 atom stereocenters. The summed E-state index contributed by atoms with van der Waals surface area (Å²) in [6, 6.07) is 17.7. The van der Waals surface area contributed by atoms with E-state index in [-0.39, 0.29) is 17.8 Å². The molecule has 1 unspecified atom stereocenters. The number of benzene rings is 2. The molecule has 4 rings (SSSR count). The van der Waals surface area contributed by atoms with E-state index >= 15 is 0 Å². The molecule has 3 aromatic rings. The van der Waals surface area contributed by atoms with Gasteiger partial charge >= 0.3 is 5.97 Å². The molecule has 0 saturated carbocycles. The van der Waals surface area contributed by atoms with Gasteiger partial charge in [0.25, 0.3) is 11.7 Å². The van der Waals surface area contributed by atoms with Gasteiger partial charge < -0.3 is 10.2 Å². The minimum absolute atomic E-state index is 0.0167. The Morgan fingerprint density at radius 3 is 2.16 bits per heavy atom. The van der Waals surface area contributed by atoms with Gasteiger partial charge in [0.1, 0.15) is 5.76 Å². The van der Waals surface area contributed by atoms with Crippen LogP contribution in [0.2, 0.25) is 0 Å². The van der Waals surface area contributed by atoms with Gasteiger partial charge in [0.15, 0.2) is 0 Å². The summed E-state index contributed by atoms with van der Waals surface area (Å²) in [6.07, 6.45) is 2.83. The summed E-state index contributed by atoms with van der Waals surface area (Å²) in [5.41, 5.74) is 2.02. The molecule has 7 nitrogen and oxygen atoms in total. The fourth-order valence-electron chi connectivity index (χ4n) is 3.66. The van der Waals surface area contributed by atoms with E-state index in [9.17, 15) is 19.5 Å². The third-order valence-corrected chi connectivity index (χ3v) is 5.08. The van der Waals surface area contributed by atoms with Crippen molar-refractivity contribution in [3.05, 3.63) is 101 Å². The lowest BCUT2D eigenvalue weighted by molar-refractivity contribution is -0.136. The predicted molar refractivity (Wildman–Crippen MR) is 113 cm³/mol. The van der Waals surface area contributed by atoms with Crippen LogP contribution in [0.4, 0.5) is 5.69 Å². The van der Waals surface area contributed by atoms with Crippen molar-refractivity contribution in [2.75, 3.05) is 4.90 Å². The first-order chi connectivity index (χ1) is 15.0. The third kappa shape index (κ3) is 3.81. The van der Waals surface area contributed by atoms with Crippen molar-refractivity contribution >= 4 is 29.1 Å². The molecule has 1 aliphatic heterocycles. The highest BCUT2D eigenvalue weighted by molar-refractivity contribution is 6.51. The van der Waals surface area contributed by atoms with Gasteiger partial charge in [0, 0.05) is 23.6 Å². The number of anilines is 1. The number of pyridine rings is 1. The first kappa shape index (κ1) is 20.0. The van der Waals surface area contributed by atoms with Gasteiger partial charge in [-0.3, -0.25) is 24.3 Å². The van der Waals surface area contributed by atoms with Crippen LogP contribution in [0.1, 0.15) is 22.7 Å². The quantitative estimate of drug-likeness (QED) is 0.377. The van der Waals surface area contributed by atoms with Gasteiger partial charge in [-0.05, 0) is 35.4 Å². The average molecular weight is 414 g/mol. The fourth-order valence-corrected chi connectivity index (χ4v) is 3.66. The van der Waals surface area contributed by atoms with E-state index in [1.54, 1.807) is 60.7 Å². The zero-order chi connectivity index (χ0) is 22.0. The van der Waals surface area contributed by atoms with Crippen molar-refractivity contribution in [2.45, 2.75) is 12.5 Å². The lowest BCUT2D eigenvalue weighted by Gasteiger charge is -2.25. The number of amides is 1. The van der Waals surface area contributed by atoms with E-state index in [0.717, 1.165) is 0 Å². The highest BCUT2D eigenvalue weighted by atomic mass is 16.4. The number of aliphatic carboxylic acids is 1. The van der Waals surface area contributed by atoms with Crippen molar-refractivity contribution in [3.8, 4) is 0 Å². The Hall–Kier alpha value is -4.26. The monoisotopic (exact) mass is 414 g/mol. The number of ketones is 1. The van der Waals surface area contributed by atoms with Crippen LogP contribution in [0.5, 0.6) is 0 Å². The van der Waals surface area contributed by atoms with Gasteiger partial charge in [-0.2, -0.15) is 0 Å². The van der Waals surface area contributed by atoms with E-state index in [1.807, 2.05) is 6.07 Å². The lowest BCUT2D eigenvalue weighted by atomic mass is 9.95. The number of aliphatic hydroxyl groups excluding tert-OH is 1. The highest BCUT2D eigenvalue weighted by Gasteiger charge is 2.46. The summed E-state index contributed by atoms with van der Waals surface area (Å²) in [5.74, 6) is -2.80. The van der Waals surface area contributed by atoms with Crippen LogP contribution in [0, 0.1) is 0 Å². The lowest BCUT2D eigenvalue weighted by Crippen LogP contribution is -2.29. The third-order valence-electron chi connectivity index (χ3n) is 5.08. The molecule has 1 aliphatic rings. The Morgan fingerprint density at radius 1 is 0.903 bits per heavy atom. The fraction of sp³-hybridized carbons (Fsp3) is 0.0833. The Labute approximate surface area is 177 Å². The maximum atomic E-state index is 13.0. The summed E-state index contributed by atoms with van der Waals surface area (Å²) < 4.78 is 0. The number of carboxylic acids is 1. The number of carbonyl (C=O) groups excluding carboxylic acids is 2. The van der Waals surface area contributed by atoms with Crippen molar-refractivity contribution in [1.29, 1.82) is 0 Å². The van der Waals surface area contributed by atoms with E-state index < -0.39 is 23.7 Å². The van der Waals surface area contributed by atoms with Gasteiger partial charge in [0.2, 0.25) is 0 Å². The second-order valence-electron chi connectivity index (χ2n) is 7.05. The molecule has 1 fully saturated rings. The van der Waals surface area contributed by atoms with E-state index in [1.165, 1.54) is 17.3 Å². The molecule has 31 heavy (non-hydrogen) atoms. The maximum absolute atomic E-state index is 13.0. The number of rotatable bonds is 5. The van der Waals surface area contributed by atoms with E-state index in [4.69, 9.17) is 5.11 Å². The molecular weight excluding hydrogens is 396 g/mol. The minimum Gasteiger partial charge on any atom is -0.507 e. The summed E-state index contributed by atoms with van der Waals surface area (Å²) in [6.45, 7) is 0. The Balaban J connectivity index is 1.86. The van der Waals surface area contributed by atoms with Crippen LogP contribution in [-0.2, 0) is 20.8 Å². The van der Waals surface area contributed by atoms with Crippen LogP contribution >= 0.6 is 0 Å². The van der Waals surface area contributed by atoms with Gasteiger partial charge in [-0.25, -0.2) is 0 Å². The Morgan fingerprint density at radius 2 is 1.55 bits per heavy atom. The zero-order valence-corrected chi connectivity index (χ0v) is 16.3. The zero-order valence-electron chi connectivity index (χ0n) is 16.3. The number of carboxylic acid groups (broad SMARTS) is 1. The molecule has 7 heteroatoms. The van der Waals surface area contributed by atoms with Gasteiger partial charge in [-0.1, -0.05) is 42.5 Å². The number of nitrogens with zero attached hydrogens (tertiary/aromatic N) is 2. The smallest absolute Gasteiger partial charge is 0.307 e. The largest absolute Gasteiger partial charge is 0.507 e. The topological polar surface area (TPSA) is 108 Å². The number of hydrogen-bond acceptors (Lipinski definition) is 5. The molecule has 0 bridgehead atoms.